The van der Waals surface area contributed by atoms with E-state index < -0.39 is 11.8 Å². The second-order valence-corrected chi connectivity index (χ2v) is 6.81. The van der Waals surface area contributed by atoms with Crippen LogP contribution in [0.2, 0.25) is 0 Å². The van der Waals surface area contributed by atoms with Crippen LogP contribution in [0.25, 0.3) is 0 Å². The minimum absolute atomic E-state index is 0.136. The van der Waals surface area contributed by atoms with Crippen molar-refractivity contribution in [1.82, 2.24) is 4.98 Å². The van der Waals surface area contributed by atoms with Crippen molar-refractivity contribution in [2.45, 2.75) is 19.8 Å². The van der Waals surface area contributed by atoms with E-state index in [1.807, 2.05) is 30.3 Å². The summed E-state index contributed by atoms with van der Waals surface area (Å²) in [5.41, 5.74) is 3.21. The highest BCUT2D eigenvalue weighted by Crippen LogP contribution is 2.18. The summed E-state index contributed by atoms with van der Waals surface area (Å²) < 4.78 is 0. The first kappa shape index (κ1) is 19.8. The van der Waals surface area contributed by atoms with Gasteiger partial charge in [0.2, 0.25) is 0 Å². The molecule has 0 radical (unpaired) electrons. The first-order valence-electron chi connectivity index (χ1n) is 9.15. The Kier molecular flexibility index (Phi) is 6.00. The van der Waals surface area contributed by atoms with Crippen LogP contribution in [0.4, 0.5) is 11.4 Å². The average molecular weight is 384 g/mol. The van der Waals surface area contributed by atoms with E-state index in [9.17, 15) is 9.59 Å². The maximum absolute atomic E-state index is 12.5. The van der Waals surface area contributed by atoms with Crippen LogP contribution in [0.3, 0.4) is 0 Å². The number of carbonyl (C=O) groups excluding carboxylic acids is 2. The van der Waals surface area contributed by atoms with Crippen molar-refractivity contribution in [3.05, 3.63) is 89.2 Å². The van der Waals surface area contributed by atoms with Gasteiger partial charge in [-0.15, -0.1) is 0 Å². The Labute approximate surface area is 169 Å². The lowest BCUT2D eigenvalue weighted by molar-refractivity contribution is 0.102. The Morgan fingerprint density at radius 2 is 1.66 bits per heavy atom. The van der Waals surface area contributed by atoms with E-state index in [0.29, 0.717) is 28.4 Å². The molecule has 2 amide bonds. The highest BCUT2D eigenvalue weighted by atomic mass is 16.2. The summed E-state index contributed by atoms with van der Waals surface area (Å²) in [5, 5.41) is 14.5. The minimum Gasteiger partial charge on any atom is -0.322 e. The molecule has 2 aromatic carbocycles. The Balaban J connectivity index is 1.71. The number of anilines is 2. The van der Waals surface area contributed by atoms with E-state index in [-0.39, 0.29) is 5.69 Å². The summed E-state index contributed by atoms with van der Waals surface area (Å²) >= 11 is 0. The second kappa shape index (κ2) is 8.81. The van der Waals surface area contributed by atoms with Gasteiger partial charge in [-0.05, 0) is 53.9 Å². The number of nitrogens with zero attached hydrogens (tertiary/aromatic N) is 2. The summed E-state index contributed by atoms with van der Waals surface area (Å²) in [7, 11) is 0. The fraction of sp³-hybridized carbons (Fsp3) is 0.130. The molecule has 0 aliphatic rings. The molecule has 0 unspecified atom stereocenters. The topological polar surface area (TPSA) is 94.9 Å². The normalized spacial score (nSPS) is 10.3. The summed E-state index contributed by atoms with van der Waals surface area (Å²) in [6, 6.07) is 19.2. The number of aromatic nitrogens is 1. The number of benzene rings is 2. The van der Waals surface area contributed by atoms with Gasteiger partial charge >= 0.3 is 0 Å². The van der Waals surface area contributed by atoms with E-state index in [1.165, 1.54) is 23.9 Å². The minimum atomic E-state index is -0.400. The number of hydrogen-bond acceptors (Lipinski definition) is 4. The van der Waals surface area contributed by atoms with E-state index in [0.717, 1.165) is 0 Å². The quantitative estimate of drug-likeness (QED) is 0.673. The molecule has 0 saturated heterocycles. The molecule has 6 nitrogen and oxygen atoms in total. The summed E-state index contributed by atoms with van der Waals surface area (Å²) in [6.45, 7) is 4.20. The third kappa shape index (κ3) is 5.05. The second-order valence-electron chi connectivity index (χ2n) is 6.81. The van der Waals surface area contributed by atoms with E-state index in [1.54, 1.807) is 24.3 Å². The lowest BCUT2D eigenvalue weighted by atomic mass is 10.0. The molecule has 144 valence electrons. The molecule has 3 rings (SSSR count). The molecule has 1 heterocycles. The van der Waals surface area contributed by atoms with Gasteiger partial charge in [0.25, 0.3) is 11.8 Å². The molecule has 0 bridgehead atoms. The summed E-state index contributed by atoms with van der Waals surface area (Å²) in [5.74, 6) is -0.383. The van der Waals surface area contributed by atoms with Gasteiger partial charge in [-0.2, -0.15) is 5.26 Å². The molecule has 0 aliphatic carbocycles. The molecule has 0 spiro atoms. The monoisotopic (exact) mass is 384 g/mol. The van der Waals surface area contributed by atoms with E-state index in [2.05, 4.69) is 29.5 Å². The largest absolute Gasteiger partial charge is 0.322 e. The van der Waals surface area contributed by atoms with Crippen molar-refractivity contribution in [2.24, 2.45) is 0 Å². The molecule has 2 N–H and O–H groups in total. The fourth-order valence-electron chi connectivity index (χ4n) is 2.71. The van der Waals surface area contributed by atoms with Crippen LogP contribution in [0.5, 0.6) is 0 Å². The highest BCUT2D eigenvalue weighted by Gasteiger charge is 2.13. The van der Waals surface area contributed by atoms with Crippen molar-refractivity contribution < 1.29 is 9.59 Å². The molecule has 3 aromatic rings. The van der Waals surface area contributed by atoms with Gasteiger partial charge in [-0.25, -0.2) is 0 Å². The fourth-order valence-corrected chi connectivity index (χ4v) is 2.71. The standard InChI is InChI=1S/C23H20N4O2/c1-15(2)17-6-8-19(9-7-17)26-23(29)21-13-18(10-11-25-21)22(28)27-20-5-3-4-16(12-20)14-24/h3-13,15H,1-2H3,(H,26,29)(H,27,28). The Hall–Kier alpha value is -3.98. The maximum Gasteiger partial charge on any atom is 0.274 e. The van der Waals surface area contributed by atoms with E-state index >= 15 is 0 Å². The zero-order chi connectivity index (χ0) is 20.8. The van der Waals surface area contributed by atoms with Crippen molar-refractivity contribution in [3.8, 4) is 6.07 Å². The SMILES string of the molecule is CC(C)c1ccc(NC(=O)c2cc(C(=O)Nc3cccc(C#N)c3)ccn2)cc1. The van der Waals surface area contributed by atoms with Crippen molar-refractivity contribution >= 4 is 23.2 Å². The molecule has 1 aromatic heterocycles. The molecular weight excluding hydrogens is 364 g/mol. The van der Waals surface area contributed by atoms with Crippen molar-refractivity contribution in [3.63, 3.8) is 0 Å². The van der Waals surface area contributed by atoms with Crippen molar-refractivity contribution in [2.75, 3.05) is 10.6 Å². The average Bonchev–Trinajstić information content (AvgIpc) is 2.74. The highest BCUT2D eigenvalue weighted by molar-refractivity contribution is 6.07. The molecule has 29 heavy (non-hydrogen) atoms. The first-order chi connectivity index (χ1) is 14.0. The van der Waals surface area contributed by atoms with Crippen LogP contribution in [0.15, 0.2) is 66.9 Å². The van der Waals surface area contributed by atoms with Gasteiger partial charge < -0.3 is 10.6 Å². The predicted molar refractivity (Wildman–Crippen MR) is 112 cm³/mol. The zero-order valence-corrected chi connectivity index (χ0v) is 16.1. The third-order valence-corrected chi connectivity index (χ3v) is 4.34. The van der Waals surface area contributed by atoms with Crippen molar-refractivity contribution in [1.29, 1.82) is 5.26 Å². The van der Waals surface area contributed by atoms with Gasteiger partial charge in [0.15, 0.2) is 0 Å². The summed E-state index contributed by atoms with van der Waals surface area (Å²) in [4.78, 5) is 29.1. The Bertz CT molecular complexity index is 1080. The van der Waals surface area contributed by atoms with Crippen LogP contribution >= 0.6 is 0 Å². The lowest BCUT2D eigenvalue weighted by Crippen LogP contribution is -2.17. The predicted octanol–water partition coefficient (Wildman–Crippen LogP) is 4.58. The van der Waals surface area contributed by atoms with E-state index in [4.69, 9.17) is 5.26 Å². The number of rotatable bonds is 5. The number of pyridine rings is 1. The zero-order valence-electron chi connectivity index (χ0n) is 16.1. The molecule has 0 atom stereocenters. The molecule has 0 fully saturated rings. The lowest BCUT2D eigenvalue weighted by Gasteiger charge is -2.09. The van der Waals surface area contributed by atoms with Crippen LogP contribution in [0, 0.1) is 11.3 Å². The number of carbonyl (C=O) groups is 2. The maximum atomic E-state index is 12.5. The van der Waals surface area contributed by atoms with Gasteiger partial charge in [0.1, 0.15) is 5.69 Å². The Morgan fingerprint density at radius 3 is 2.34 bits per heavy atom. The summed E-state index contributed by atoms with van der Waals surface area (Å²) in [6.07, 6.45) is 1.41. The van der Waals surface area contributed by atoms with Crippen LogP contribution in [-0.4, -0.2) is 16.8 Å². The first-order valence-corrected chi connectivity index (χ1v) is 9.15. The van der Waals surface area contributed by atoms with Crippen LogP contribution in [-0.2, 0) is 0 Å². The smallest absolute Gasteiger partial charge is 0.274 e. The number of amides is 2. The van der Waals surface area contributed by atoms with Gasteiger partial charge in [-0.3, -0.25) is 14.6 Å². The molecule has 6 heteroatoms. The number of hydrogen-bond donors (Lipinski definition) is 2. The van der Waals surface area contributed by atoms with Gasteiger partial charge in [0.05, 0.1) is 11.6 Å². The number of nitrogens with one attached hydrogen (secondary N) is 2. The third-order valence-electron chi connectivity index (χ3n) is 4.34. The number of nitriles is 1. The van der Waals surface area contributed by atoms with Crippen LogP contribution < -0.4 is 10.6 Å². The molecule has 0 saturated carbocycles. The molecular formula is C23H20N4O2. The van der Waals surface area contributed by atoms with Gasteiger partial charge in [-0.1, -0.05) is 32.0 Å². The Morgan fingerprint density at radius 1 is 0.931 bits per heavy atom. The molecule has 0 aliphatic heterocycles. The van der Waals surface area contributed by atoms with Crippen LogP contribution in [0.1, 0.15) is 51.7 Å². The van der Waals surface area contributed by atoms with Gasteiger partial charge in [0, 0.05) is 23.1 Å².